The van der Waals surface area contributed by atoms with Crippen LogP contribution in [0.4, 0.5) is 5.69 Å². The van der Waals surface area contributed by atoms with Gasteiger partial charge >= 0.3 is 0 Å². The fraction of sp³-hybridized carbons (Fsp3) is 0.333. The van der Waals surface area contributed by atoms with Gasteiger partial charge in [-0.1, -0.05) is 0 Å². The van der Waals surface area contributed by atoms with Crippen LogP contribution in [0.25, 0.3) is 0 Å². The van der Waals surface area contributed by atoms with E-state index in [-0.39, 0.29) is 16.5 Å². The van der Waals surface area contributed by atoms with Gasteiger partial charge in [0.2, 0.25) is 0 Å². The molecule has 0 heterocycles. The van der Waals surface area contributed by atoms with Crippen molar-refractivity contribution in [1.29, 1.82) is 0 Å². The number of nitro groups is 1. The standard InChI is InChI=1S/C9H10ClNO5S/c10-5-8(12)6-17(15,16)9-3-1-7(2-4-9)11(13)14/h1-4,8,12H,5-6H2. The van der Waals surface area contributed by atoms with Crippen LogP contribution < -0.4 is 0 Å². The molecule has 1 unspecified atom stereocenters. The average Bonchev–Trinajstić information content (AvgIpc) is 2.28. The van der Waals surface area contributed by atoms with Crippen LogP contribution in [-0.2, 0) is 9.84 Å². The number of non-ortho nitro benzene ring substituents is 1. The maximum Gasteiger partial charge on any atom is 0.269 e. The van der Waals surface area contributed by atoms with Crippen LogP contribution in [0.1, 0.15) is 0 Å². The molecule has 1 N–H and O–H groups in total. The zero-order chi connectivity index (χ0) is 13.1. The Hall–Kier alpha value is -1.18. The first-order valence-corrected chi connectivity index (χ1v) is 6.76. The number of alkyl halides is 1. The SMILES string of the molecule is O=[N+]([O-])c1ccc(S(=O)(=O)CC(O)CCl)cc1. The summed E-state index contributed by atoms with van der Waals surface area (Å²) in [5.74, 6) is -0.694. The maximum absolute atomic E-state index is 11.7. The molecule has 1 aromatic rings. The second-order valence-corrected chi connectivity index (χ2v) is 5.68. The number of nitro benzene ring substituents is 1. The van der Waals surface area contributed by atoms with Crippen LogP contribution in [0.5, 0.6) is 0 Å². The topological polar surface area (TPSA) is 97.5 Å². The maximum atomic E-state index is 11.7. The Labute approximate surface area is 103 Å². The van der Waals surface area contributed by atoms with Crippen molar-refractivity contribution in [3.8, 4) is 0 Å². The molecule has 0 aliphatic rings. The summed E-state index contributed by atoms with van der Waals surface area (Å²) in [6.07, 6.45) is -1.16. The third-order valence-corrected chi connectivity index (χ3v) is 4.17. The number of hydrogen-bond acceptors (Lipinski definition) is 5. The van der Waals surface area contributed by atoms with Gasteiger partial charge in [-0.25, -0.2) is 8.42 Å². The molecular formula is C9H10ClNO5S. The molecule has 0 aliphatic carbocycles. The highest BCUT2D eigenvalue weighted by molar-refractivity contribution is 7.91. The summed E-state index contributed by atoms with van der Waals surface area (Å²) in [5.41, 5.74) is -0.193. The zero-order valence-electron chi connectivity index (χ0n) is 8.61. The van der Waals surface area contributed by atoms with Gasteiger partial charge in [0, 0.05) is 18.0 Å². The van der Waals surface area contributed by atoms with Gasteiger partial charge in [-0.15, -0.1) is 11.6 Å². The van der Waals surface area contributed by atoms with Gasteiger partial charge in [0.15, 0.2) is 9.84 Å². The van der Waals surface area contributed by atoms with Crippen molar-refractivity contribution in [3.05, 3.63) is 34.4 Å². The number of benzene rings is 1. The quantitative estimate of drug-likeness (QED) is 0.492. The van der Waals surface area contributed by atoms with Crippen molar-refractivity contribution >= 4 is 27.1 Å². The lowest BCUT2D eigenvalue weighted by Gasteiger charge is -2.07. The van der Waals surface area contributed by atoms with Gasteiger partial charge < -0.3 is 5.11 Å². The summed E-state index contributed by atoms with van der Waals surface area (Å²) in [5, 5.41) is 19.6. The second kappa shape index (κ2) is 5.44. The van der Waals surface area contributed by atoms with Crippen molar-refractivity contribution < 1.29 is 18.4 Å². The number of nitrogens with zero attached hydrogens (tertiary/aromatic N) is 1. The van der Waals surface area contributed by atoms with Gasteiger partial charge in [0.1, 0.15) is 0 Å². The lowest BCUT2D eigenvalue weighted by Crippen LogP contribution is -2.22. The molecule has 0 aliphatic heterocycles. The molecule has 0 aromatic heterocycles. The minimum Gasteiger partial charge on any atom is -0.391 e. The van der Waals surface area contributed by atoms with E-state index in [1.54, 1.807) is 0 Å². The molecule has 1 aromatic carbocycles. The summed E-state index contributed by atoms with van der Waals surface area (Å²) < 4.78 is 23.4. The molecule has 0 saturated carbocycles. The number of rotatable bonds is 5. The molecule has 6 nitrogen and oxygen atoms in total. The molecule has 0 spiro atoms. The summed E-state index contributed by atoms with van der Waals surface area (Å²) in [4.78, 5) is 9.69. The van der Waals surface area contributed by atoms with Crippen molar-refractivity contribution in [2.45, 2.75) is 11.0 Å². The lowest BCUT2D eigenvalue weighted by atomic mass is 10.3. The predicted molar refractivity (Wildman–Crippen MR) is 61.9 cm³/mol. The summed E-state index contributed by atoms with van der Waals surface area (Å²) in [6.45, 7) is 0. The molecule has 1 atom stereocenters. The van der Waals surface area contributed by atoms with Gasteiger partial charge in [0.25, 0.3) is 5.69 Å². The molecule has 8 heteroatoms. The number of hydrogen-bond donors (Lipinski definition) is 1. The third kappa shape index (κ3) is 3.65. The average molecular weight is 280 g/mol. The molecule has 0 radical (unpaired) electrons. The van der Waals surface area contributed by atoms with Gasteiger partial charge in [-0.05, 0) is 12.1 Å². The Morgan fingerprint density at radius 2 is 1.88 bits per heavy atom. The molecule has 0 saturated heterocycles. The molecule has 0 amide bonds. The Morgan fingerprint density at radius 1 is 1.35 bits per heavy atom. The fourth-order valence-electron chi connectivity index (χ4n) is 1.17. The van der Waals surface area contributed by atoms with Crippen molar-refractivity contribution in [3.63, 3.8) is 0 Å². The van der Waals surface area contributed by atoms with Crippen molar-refractivity contribution in [2.75, 3.05) is 11.6 Å². The Kier molecular flexibility index (Phi) is 4.44. The van der Waals surface area contributed by atoms with E-state index in [1.165, 1.54) is 0 Å². The van der Waals surface area contributed by atoms with Crippen LogP contribution in [-0.4, -0.2) is 36.2 Å². The number of aliphatic hydroxyl groups excluding tert-OH is 1. The Bertz CT molecular complexity index is 499. The molecule has 17 heavy (non-hydrogen) atoms. The molecule has 0 fully saturated rings. The summed E-state index contributed by atoms with van der Waals surface area (Å²) in [7, 11) is -3.67. The normalized spacial score (nSPS) is 13.3. The summed E-state index contributed by atoms with van der Waals surface area (Å²) in [6, 6.07) is 4.46. The highest BCUT2D eigenvalue weighted by Crippen LogP contribution is 2.17. The molecule has 1 rings (SSSR count). The van der Waals surface area contributed by atoms with Crippen LogP contribution in [0.15, 0.2) is 29.2 Å². The van der Waals surface area contributed by atoms with E-state index in [2.05, 4.69) is 0 Å². The third-order valence-electron chi connectivity index (χ3n) is 2.00. The minimum absolute atomic E-state index is 0.0766. The predicted octanol–water partition coefficient (Wildman–Crippen LogP) is 0.968. The minimum atomic E-state index is -3.67. The monoisotopic (exact) mass is 279 g/mol. The van der Waals surface area contributed by atoms with Gasteiger partial charge in [-0.2, -0.15) is 0 Å². The largest absolute Gasteiger partial charge is 0.391 e. The van der Waals surface area contributed by atoms with Crippen molar-refractivity contribution in [2.24, 2.45) is 0 Å². The molecule has 0 bridgehead atoms. The first-order valence-electron chi connectivity index (χ1n) is 4.58. The smallest absolute Gasteiger partial charge is 0.269 e. The number of halogens is 1. The Balaban J connectivity index is 2.96. The van der Waals surface area contributed by atoms with Crippen LogP contribution in [0.2, 0.25) is 0 Å². The van der Waals surface area contributed by atoms with E-state index in [0.717, 1.165) is 24.3 Å². The van der Waals surface area contributed by atoms with E-state index in [0.29, 0.717) is 0 Å². The first-order chi connectivity index (χ1) is 7.86. The second-order valence-electron chi connectivity index (χ2n) is 3.34. The lowest BCUT2D eigenvalue weighted by molar-refractivity contribution is -0.384. The van der Waals surface area contributed by atoms with Crippen molar-refractivity contribution in [1.82, 2.24) is 0 Å². The van der Waals surface area contributed by atoms with Crippen LogP contribution in [0.3, 0.4) is 0 Å². The first kappa shape index (κ1) is 13.9. The molecular weight excluding hydrogens is 270 g/mol. The fourth-order valence-corrected chi connectivity index (χ4v) is 2.78. The number of aliphatic hydroxyl groups is 1. The van der Waals surface area contributed by atoms with Crippen LogP contribution >= 0.6 is 11.6 Å². The summed E-state index contributed by atoms with van der Waals surface area (Å²) >= 11 is 5.31. The van der Waals surface area contributed by atoms with E-state index in [4.69, 9.17) is 11.6 Å². The van der Waals surface area contributed by atoms with E-state index >= 15 is 0 Å². The highest BCUT2D eigenvalue weighted by atomic mass is 35.5. The van der Waals surface area contributed by atoms with E-state index in [9.17, 15) is 23.6 Å². The van der Waals surface area contributed by atoms with E-state index in [1.807, 2.05) is 0 Å². The molecule has 94 valence electrons. The number of sulfone groups is 1. The highest BCUT2D eigenvalue weighted by Gasteiger charge is 2.20. The zero-order valence-corrected chi connectivity index (χ0v) is 10.2. The van der Waals surface area contributed by atoms with Crippen LogP contribution in [0, 0.1) is 10.1 Å². The Morgan fingerprint density at radius 3 is 2.29 bits per heavy atom. The van der Waals surface area contributed by atoms with E-state index < -0.39 is 26.6 Å². The van der Waals surface area contributed by atoms with Gasteiger partial charge in [0.05, 0.1) is 21.7 Å². The van der Waals surface area contributed by atoms with Gasteiger partial charge in [-0.3, -0.25) is 10.1 Å².